The second-order valence-electron chi connectivity index (χ2n) is 3.32. The molecule has 0 saturated heterocycles. The minimum absolute atomic E-state index is 0.550. The zero-order chi connectivity index (χ0) is 11.4. The monoisotopic (exact) mass is 218 g/mol. The van der Waals surface area contributed by atoms with Crippen molar-refractivity contribution in [2.75, 3.05) is 13.7 Å². The summed E-state index contributed by atoms with van der Waals surface area (Å²) in [6.45, 7) is 1.22. The zero-order valence-electron chi connectivity index (χ0n) is 9.13. The van der Waals surface area contributed by atoms with Crippen LogP contribution in [-0.4, -0.2) is 28.4 Å². The minimum Gasteiger partial charge on any atom is -0.496 e. The van der Waals surface area contributed by atoms with E-state index in [4.69, 9.17) is 10.5 Å². The third kappa shape index (κ3) is 2.04. The van der Waals surface area contributed by atoms with E-state index in [1.165, 1.54) is 0 Å². The zero-order valence-corrected chi connectivity index (χ0v) is 9.13. The summed E-state index contributed by atoms with van der Waals surface area (Å²) in [6, 6.07) is 7.67. The molecule has 0 unspecified atom stereocenters. The van der Waals surface area contributed by atoms with Crippen LogP contribution in [0.2, 0.25) is 0 Å². The first-order chi connectivity index (χ1) is 7.85. The van der Waals surface area contributed by atoms with Gasteiger partial charge in [0.25, 0.3) is 0 Å². The van der Waals surface area contributed by atoms with E-state index in [1.807, 2.05) is 24.3 Å². The van der Waals surface area contributed by atoms with Crippen LogP contribution in [0.3, 0.4) is 0 Å². The number of benzene rings is 1. The van der Waals surface area contributed by atoms with Gasteiger partial charge in [-0.25, -0.2) is 4.98 Å². The molecule has 5 nitrogen and oxygen atoms in total. The van der Waals surface area contributed by atoms with Crippen molar-refractivity contribution in [3.8, 4) is 17.1 Å². The van der Waals surface area contributed by atoms with E-state index in [0.717, 1.165) is 11.3 Å². The maximum absolute atomic E-state index is 5.45. The lowest BCUT2D eigenvalue weighted by atomic mass is 10.2. The SMILES string of the molecule is COc1ccccc1-c1ncn(CCN)n1. The quantitative estimate of drug-likeness (QED) is 0.828. The average molecular weight is 218 g/mol. The largest absolute Gasteiger partial charge is 0.496 e. The number of nitrogens with two attached hydrogens (primary N) is 1. The number of aromatic nitrogens is 3. The van der Waals surface area contributed by atoms with Gasteiger partial charge in [0.05, 0.1) is 19.2 Å². The summed E-state index contributed by atoms with van der Waals surface area (Å²) in [4.78, 5) is 4.23. The molecule has 0 saturated carbocycles. The number of para-hydroxylation sites is 1. The van der Waals surface area contributed by atoms with Crippen molar-refractivity contribution in [3.05, 3.63) is 30.6 Å². The Morgan fingerprint density at radius 2 is 2.19 bits per heavy atom. The molecule has 1 aromatic carbocycles. The van der Waals surface area contributed by atoms with Crippen molar-refractivity contribution >= 4 is 0 Å². The summed E-state index contributed by atoms with van der Waals surface area (Å²) in [5.74, 6) is 1.43. The van der Waals surface area contributed by atoms with Crippen LogP contribution in [0.1, 0.15) is 0 Å². The molecule has 84 valence electrons. The van der Waals surface area contributed by atoms with Gasteiger partial charge < -0.3 is 10.5 Å². The van der Waals surface area contributed by atoms with Crippen LogP contribution in [0.15, 0.2) is 30.6 Å². The number of methoxy groups -OCH3 is 1. The van der Waals surface area contributed by atoms with Crippen LogP contribution < -0.4 is 10.5 Å². The summed E-state index contributed by atoms with van der Waals surface area (Å²) >= 11 is 0. The second kappa shape index (κ2) is 4.76. The molecule has 0 spiro atoms. The van der Waals surface area contributed by atoms with Gasteiger partial charge in [0.1, 0.15) is 12.1 Å². The number of hydrogen-bond donors (Lipinski definition) is 1. The molecule has 0 amide bonds. The van der Waals surface area contributed by atoms with Crippen LogP contribution in [0.4, 0.5) is 0 Å². The van der Waals surface area contributed by atoms with E-state index < -0.39 is 0 Å². The van der Waals surface area contributed by atoms with Crippen molar-refractivity contribution in [2.24, 2.45) is 5.73 Å². The third-order valence-corrected chi connectivity index (χ3v) is 2.24. The highest BCUT2D eigenvalue weighted by Crippen LogP contribution is 2.26. The topological polar surface area (TPSA) is 66.0 Å². The van der Waals surface area contributed by atoms with Crippen molar-refractivity contribution in [1.29, 1.82) is 0 Å². The smallest absolute Gasteiger partial charge is 0.184 e. The molecule has 0 aliphatic carbocycles. The highest BCUT2D eigenvalue weighted by Gasteiger charge is 2.08. The molecule has 0 radical (unpaired) electrons. The Balaban J connectivity index is 2.34. The number of ether oxygens (including phenoxy) is 1. The van der Waals surface area contributed by atoms with Gasteiger partial charge in [-0.3, -0.25) is 4.68 Å². The first-order valence-corrected chi connectivity index (χ1v) is 5.08. The molecule has 2 rings (SSSR count). The Bertz CT molecular complexity index is 467. The summed E-state index contributed by atoms with van der Waals surface area (Å²) < 4.78 is 6.98. The van der Waals surface area contributed by atoms with Gasteiger partial charge in [-0.05, 0) is 12.1 Å². The summed E-state index contributed by atoms with van der Waals surface area (Å²) in [5.41, 5.74) is 6.34. The van der Waals surface area contributed by atoms with Gasteiger partial charge >= 0.3 is 0 Å². The molecule has 16 heavy (non-hydrogen) atoms. The van der Waals surface area contributed by atoms with Crippen molar-refractivity contribution < 1.29 is 4.74 Å². The molecular formula is C11H14N4O. The number of hydrogen-bond acceptors (Lipinski definition) is 4. The van der Waals surface area contributed by atoms with E-state index in [1.54, 1.807) is 18.1 Å². The van der Waals surface area contributed by atoms with Gasteiger partial charge in [0.2, 0.25) is 0 Å². The molecule has 0 bridgehead atoms. The molecule has 0 aliphatic rings. The highest BCUT2D eigenvalue weighted by atomic mass is 16.5. The molecule has 0 atom stereocenters. The van der Waals surface area contributed by atoms with E-state index in [-0.39, 0.29) is 0 Å². The van der Waals surface area contributed by atoms with E-state index in [2.05, 4.69) is 10.1 Å². The van der Waals surface area contributed by atoms with Crippen molar-refractivity contribution in [1.82, 2.24) is 14.8 Å². The molecule has 1 heterocycles. The first-order valence-electron chi connectivity index (χ1n) is 5.08. The second-order valence-corrected chi connectivity index (χ2v) is 3.32. The van der Waals surface area contributed by atoms with Crippen LogP contribution in [0.25, 0.3) is 11.4 Å². The molecule has 2 N–H and O–H groups in total. The van der Waals surface area contributed by atoms with Crippen LogP contribution >= 0.6 is 0 Å². The lowest BCUT2D eigenvalue weighted by Crippen LogP contribution is -2.10. The molecule has 5 heteroatoms. The standard InChI is InChI=1S/C11H14N4O/c1-16-10-5-3-2-4-9(10)11-13-8-15(14-11)7-6-12/h2-5,8H,6-7,12H2,1H3. The van der Waals surface area contributed by atoms with E-state index in [9.17, 15) is 0 Å². The summed E-state index contributed by atoms with van der Waals surface area (Å²) in [7, 11) is 1.63. The molecule has 1 aromatic heterocycles. The number of rotatable bonds is 4. The predicted molar refractivity (Wildman–Crippen MR) is 61.1 cm³/mol. The Labute approximate surface area is 93.9 Å². The van der Waals surface area contributed by atoms with E-state index >= 15 is 0 Å². The van der Waals surface area contributed by atoms with Gasteiger partial charge in [0.15, 0.2) is 5.82 Å². The Morgan fingerprint density at radius 1 is 1.38 bits per heavy atom. The normalized spacial score (nSPS) is 10.4. The third-order valence-electron chi connectivity index (χ3n) is 2.24. The van der Waals surface area contributed by atoms with Crippen molar-refractivity contribution in [2.45, 2.75) is 6.54 Å². The van der Waals surface area contributed by atoms with Crippen LogP contribution in [0, 0.1) is 0 Å². The molecule has 0 fully saturated rings. The van der Waals surface area contributed by atoms with E-state index in [0.29, 0.717) is 18.9 Å². The average Bonchev–Trinajstić information content (AvgIpc) is 2.78. The fourth-order valence-electron chi connectivity index (χ4n) is 1.49. The highest BCUT2D eigenvalue weighted by molar-refractivity contribution is 5.63. The maximum atomic E-state index is 5.45. The van der Waals surface area contributed by atoms with Gasteiger partial charge in [-0.1, -0.05) is 12.1 Å². The molecular weight excluding hydrogens is 204 g/mol. The lowest BCUT2D eigenvalue weighted by Gasteiger charge is -2.03. The maximum Gasteiger partial charge on any atom is 0.184 e. The summed E-state index contributed by atoms with van der Waals surface area (Å²) in [5, 5.41) is 4.32. The Hall–Kier alpha value is -1.88. The lowest BCUT2D eigenvalue weighted by molar-refractivity contribution is 0.416. The van der Waals surface area contributed by atoms with Crippen LogP contribution in [0.5, 0.6) is 5.75 Å². The van der Waals surface area contributed by atoms with Gasteiger partial charge in [-0.15, -0.1) is 0 Å². The van der Waals surface area contributed by atoms with Crippen molar-refractivity contribution in [3.63, 3.8) is 0 Å². The molecule has 2 aromatic rings. The minimum atomic E-state index is 0.550. The summed E-state index contributed by atoms with van der Waals surface area (Å²) in [6.07, 6.45) is 1.68. The van der Waals surface area contributed by atoms with Crippen LogP contribution in [-0.2, 0) is 6.54 Å². The first kappa shape index (κ1) is 10.6. The Morgan fingerprint density at radius 3 is 2.94 bits per heavy atom. The predicted octanol–water partition coefficient (Wildman–Crippen LogP) is 0.912. The van der Waals surface area contributed by atoms with Gasteiger partial charge in [-0.2, -0.15) is 5.10 Å². The number of nitrogens with zero attached hydrogens (tertiary/aromatic N) is 3. The fourth-order valence-corrected chi connectivity index (χ4v) is 1.49. The fraction of sp³-hybridized carbons (Fsp3) is 0.273. The molecule has 0 aliphatic heterocycles. The Kier molecular flexibility index (Phi) is 3.16. The van der Waals surface area contributed by atoms with Gasteiger partial charge in [0, 0.05) is 6.54 Å².